The van der Waals surface area contributed by atoms with Gasteiger partial charge in [-0.15, -0.1) is 0 Å². The van der Waals surface area contributed by atoms with E-state index in [1.54, 1.807) is 0 Å². The number of hydrogen-bond acceptors (Lipinski definition) is 1. The third-order valence-electron chi connectivity index (χ3n) is 12.1. The standard InChI is InChI=1S/C56H37N3/c1-3-13-38(14-4-1)39-25-27-43(28-26-39)57(44-29-31-45(32-30-44)58-53-20-10-7-17-48(53)49-18-8-11-21-54(49)58)46-33-34-47-40(35-46)23-24-41-36-52-50-19-9-12-22-55(50)59(56(52)37-51(41)47)42-15-5-2-6-16-42/h1-37H. The molecule has 3 heteroatoms. The third kappa shape index (κ3) is 5.36. The maximum absolute atomic E-state index is 2.40. The highest BCUT2D eigenvalue weighted by atomic mass is 15.1. The van der Waals surface area contributed by atoms with E-state index >= 15 is 0 Å². The van der Waals surface area contributed by atoms with Gasteiger partial charge in [0.1, 0.15) is 0 Å². The van der Waals surface area contributed by atoms with Crippen molar-refractivity contribution < 1.29 is 0 Å². The maximum Gasteiger partial charge on any atom is 0.0547 e. The van der Waals surface area contributed by atoms with E-state index in [9.17, 15) is 0 Å². The van der Waals surface area contributed by atoms with E-state index in [0.717, 1.165) is 22.7 Å². The van der Waals surface area contributed by atoms with Crippen LogP contribution in [-0.2, 0) is 0 Å². The van der Waals surface area contributed by atoms with E-state index in [4.69, 9.17) is 0 Å². The molecule has 0 N–H and O–H groups in total. The normalized spacial score (nSPS) is 11.7. The van der Waals surface area contributed by atoms with Gasteiger partial charge < -0.3 is 14.0 Å². The zero-order chi connectivity index (χ0) is 38.9. The molecule has 10 aromatic carbocycles. The predicted molar refractivity (Wildman–Crippen MR) is 250 cm³/mol. The quantitative estimate of drug-likeness (QED) is 0.154. The number of anilines is 3. The van der Waals surface area contributed by atoms with Crippen LogP contribution in [-0.4, -0.2) is 9.13 Å². The Morgan fingerprint density at radius 1 is 0.254 bits per heavy atom. The largest absolute Gasteiger partial charge is 0.310 e. The van der Waals surface area contributed by atoms with Gasteiger partial charge in [0.05, 0.1) is 22.1 Å². The van der Waals surface area contributed by atoms with Crippen LogP contribution in [0.4, 0.5) is 17.1 Å². The van der Waals surface area contributed by atoms with Crippen LogP contribution in [0, 0.1) is 0 Å². The Morgan fingerprint density at radius 2 is 0.712 bits per heavy atom. The summed E-state index contributed by atoms with van der Waals surface area (Å²) in [7, 11) is 0. The molecule has 0 radical (unpaired) electrons. The summed E-state index contributed by atoms with van der Waals surface area (Å²) in [5, 5.41) is 9.97. The van der Waals surface area contributed by atoms with E-state index < -0.39 is 0 Å². The van der Waals surface area contributed by atoms with Gasteiger partial charge in [-0.25, -0.2) is 0 Å². The molecule has 0 fully saturated rings. The molecule has 0 unspecified atom stereocenters. The first-order valence-electron chi connectivity index (χ1n) is 20.3. The van der Waals surface area contributed by atoms with Crippen molar-refractivity contribution in [3.63, 3.8) is 0 Å². The van der Waals surface area contributed by atoms with E-state index in [1.807, 2.05) is 0 Å². The number of hydrogen-bond donors (Lipinski definition) is 0. The summed E-state index contributed by atoms with van der Waals surface area (Å²) >= 11 is 0. The lowest BCUT2D eigenvalue weighted by molar-refractivity contribution is 1.17. The number of rotatable bonds is 6. The van der Waals surface area contributed by atoms with Crippen molar-refractivity contribution in [1.82, 2.24) is 9.13 Å². The first kappa shape index (κ1) is 33.3. The van der Waals surface area contributed by atoms with Crippen LogP contribution in [0.2, 0.25) is 0 Å². The molecule has 276 valence electrons. The van der Waals surface area contributed by atoms with Crippen LogP contribution < -0.4 is 4.90 Å². The smallest absolute Gasteiger partial charge is 0.0547 e. The van der Waals surface area contributed by atoms with Crippen LogP contribution in [0.15, 0.2) is 224 Å². The summed E-state index contributed by atoms with van der Waals surface area (Å²) < 4.78 is 4.78. The van der Waals surface area contributed by atoms with Gasteiger partial charge in [-0.1, -0.05) is 133 Å². The Balaban J connectivity index is 1.01. The molecule has 0 saturated carbocycles. The zero-order valence-corrected chi connectivity index (χ0v) is 32.2. The van der Waals surface area contributed by atoms with Gasteiger partial charge in [0.15, 0.2) is 0 Å². The van der Waals surface area contributed by atoms with Gasteiger partial charge >= 0.3 is 0 Å². The average molecular weight is 752 g/mol. The third-order valence-corrected chi connectivity index (χ3v) is 12.1. The van der Waals surface area contributed by atoms with Crippen molar-refractivity contribution in [1.29, 1.82) is 0 Å². The van der Waals surface area contributed by atoms with E-state index in [2.05, 4.69) is 238 Å². The molecular formula is C56H37N3. The van der Waals surface area contributed by atoms with Gasteiger partial charge in [0.25, 0.3) is 0 Å². The number of para-hydroxylation sites is 4. The monoisotopic (exact) mass is 751 g/mol. The van der Waals surface area contributed by atoms with E-state index in [-0.39, 0.29) is 0 Å². The van der Waals surface area contributed by atoms with Crippen LogP contribution >= 0.6 is 0 Å². The van der Waals surface area contributed by atoms with E-state index in [1.165, 1.54) is 82.0 Å². The minimum Gasteiger partial charge on any atom is -0.310 e. The Labute approximate surface area is 341 Å². The highest BCUT2D eigenvalue weighted by Crippen LogP contribution is 2.41. The molecule has 2 aromatic heterocycles. The van der Waals surface area contributed by atoms with E-state index in [0.29, 0.717) is 0 Å². The Kier molecular flexibility index (Phi) is 7.54. The summed E-state index contributed by atoms with van der Waals surface area (Å²) in [6.07, 6.45) is 0. The molecule has 0 aliphatic heterocycles. The molecule has 0 spiro atoms. The van der Waals surface area contributed by atoms with Crippen LogP contribution in [0.1, 0.15) is 0 Å². The number of fused-ring (bicyclic) bond motifs is 9. The van der Waals surface area contributed by atoms with Crippen molar-refractivity contribution in [2.24, 2.45) is 0 Å². The molecule has 0 atom stereocenters. The topological polar surface area (TPSA) is 13.1 Å². The van der Waals surface area contributed by atoms with Gasteiger partial charge in [-0.05, 0) is 124 Å². The fourth-order valence-corrected chi connectivity index (χ4v) is 9.34. The molecule has 59 heavy (non-hydrogen) atoms. The molecule has 12 rings (SSSR count). The molecule has 0 saturated heterocycles. The van der Waals surface area contributed by atoms with Crippen molar-refractivity contribution >= 4 is 82.2 Å². The summed E-state index contributed by atoms with van der Waals surface area (Å²) in [6.45, 7) is 0. The van der Waals surface area contributed by atoms with Crippen molar-refractivity contribution in [3.05, 3.63) is 224 Å². The van der Waals surface area contributed by atoms with Crippen LogP contribution in [0.3, 0.4) is 0 Å². The van der Waals surface area contributed by atoms with Crippen molar-refractivity contribution in [2.45, 2.75) is 0 Å². The SMILES string of the molecule is c1ccc(-c2ccc(N(c3ccc(-n4c5ccccc5c5ccccc54)cc3)c3ccc4c(ccc5cc6c7ccccc7n(-c7ccccc7)c6cc54)c3)cc2)cc1. The van der Waals surface area contributed by atoms with Gasteiger partial charge in [0, 0.05) is 50.0 Å². The molecular weight excluding hydrogens is 715 g/mol. The summed E-state index contributed by atoms with van der Waals surface area (Å²) in [4.78, 5) is 2.38. The lowest BCUT2D eigenvalue weighted by Gasteiger charge is -2.26. The van der Waals surface area contributed by atoms with Gasteiger partial charge in [-0.3, -0.25) is 0 Å². The predicted octanol–water partition coefficient (Wildman–Crippen LogP) is 15.3. The number of nitrogens with zero attached hydrogens (tertiary/aromatic N) is 3. The fraction of sp³-hybridized carbons (Fsp3) is 0. The second-order valence-electron chi connectivity index (χ2n) is 15.4. The second kappa shape index (κ2) is 13.4. The summed E-state index contributed by atoms with van der Waals surface area (Å²) in [5.74, 6) is 0. The zero-order valence-electron chi connectivity index (χ0n) is 32.2. The highest BCUT2D eigenvalue weighted by Gasteiger charge is 2.18. The molecule has 0 aliphatic rings. The average Bonchev–Trinajstić information content (AvgIpc) is 3.82. The summed E-state index contributed by atoms with van der Waals surface area (Å²) in [6, 6.07) is 81.7. The van der Waals surface area contributed by atoms with Gasteiger partial charge in [0.2, 0.25) is 0 Å². The van der Waals surface area contributed by atoms with Crippen LogP contribution in [0.25, 0.3) is 87.7 Å². The Bertz CT molecular complexity index is 3470. The lowest BCUT2D eigenvalue weighted by atomic mass is 9.99. The minimum absolute atomic E-state index is 1.09. The molecule has 2 heterocycles. The second-order valence-corrected chi connectivity index (χ2v) is 15.4. The molecule has 0 bridgehead atoms. The molecule has 3 nitrogen and oxygen atoms in total. The molecule has 0 amide bonds. The first-order chi connectivity index (χ1) is 29.3. The summed E-state index contributed by atoms with van der Waals surface area (Å²) in [5.41, 5.74) is 12.8. The van der Waals surface area contributed by atoms with Crippen LogP contribution in [0.5, 0.6) is 0 Å². The molecule has 12 aromatic rings. The number of aromatic nitrogens is 2. The lowest BCUT2D eigenvalue weighted by Crippen LogP contribution is -2.10. The Hall–Kier alpha value is -7.88. The minimum atomic E-state index is 1.09. The molecule has 0 aliphatic carbocycles. The highest BCUT2D eigenvalue weighted by molar-refractivity contribution is 6.18. The fourth-order valence-electron chi connectivity index (χ4n) is 9.34. The van der Waals surface area contributed by atoms with Crippen molar-refractivity contribution in [2.75, 3.05) is 4.90 Å². The Morgan fingerprint density at radius 3 is 1.34 bits per heavy atom. The number of benzene rings is 10. The maximum atomic E-state index is 2.40. The van der Waals surface area contributed by atoms with Gasteiger partial charge in [-0.2, -0.15) is 0 Å². The first-order valence-corrected chi connectivity index (χ1v) is 20.3. The van der Waals surface area contributed by atoms with Crippen molar-refractivity contribution in [3.8, 4) is 22.5 Å².